The monoisotopic (exact) mass is 610 g/mol. The number of hydrogen-bond donors (Lipinski definition) is 0. The maximum Gasteiger partial charge on any atom is 0.355 e. The number of fused-ring (bicyclic) bond motifs is 1. The van der Waals surface area contributed by atoms with Crippen LogP contribution in [0.1, 0.15) is 70.2 Å². The Morgan fingerprint density at radius 1 is 1.02 bits per heavy atom. The summed E-state index contributed by atoms with van der Waals surface area (Å²) >= 11 is 7.03. The van der Waals surface area contributed by atoms with Gasteiger partial charge in [0.1, 0.15) is 5.82 Å². The lowest BCUT2D eigenvalue weighted by Crippen LogP contribution is -2.58. The zero-order valence-electron chi connectivity index (χ0n) is 26.2. The zero-order chi connectivity index (χ0) is 31.9. The summed E-state index contributed by atoms with van der Waals surface area (Å²) in [7, 11) is 0. The molecule has 3 aromatic heterocycles. The van der Waals surface area contributed by atoms with Gasteiger partial charge >= 0.3 is 5.69 Å². The lowest BCUT2D eigenvalue weighted by atomic mass is 9.97. The van der Waals surface area contributed by atoms with Crippen molar-refractivity contribution in [2.24, 2.45) is 0 Å². The summed E-state index contributed by atoms with van der Waals surface area (Å²) in [6, 6.07) is 11.3. The van der Waals surface area contributed by atoms with Crippen molar-refractivity contribution in [2.45, 2.75) is 65.5 Å². The molecule has 2 atom stereocenters. The van der Waals surface area contributed by atoms with Crippen molar-refractivity contribution >= 4 is 40.4 Å². The van der Waals surface area contributed by atoms with Crippen molar-refractivity contribution < 1.29 is 4.79 Å². The summed E-state index contributed by atoms with van der Waals surface area (Å²) in [5.41, 5.74) is 4.69. The topological polar surface area (TPSA) is 84.2 Å². The predicted molar refractivity (Wildman–Crippen MR) is 180 cm³/mol. The largest absolute Gasteiger partial charge is 0.355 e. The normalized spacial score (nSPS) is 17.0. The van der Waals surface area contributed by atoms with Gasteiger partial charge in [0.2, 0.25) is 5.91 Å². The molecule has 0 spiro atoms. The van der Waals surface area contributed by atoms with E-state index in [-0.39, 0.29) is 29.8 Å². The van der Waals surface area contributed by atoms with Gasteiger partial charge in [-0.05, 0) is 55.0 Å². The van der Waals surface area contributed by atoms with Crippen LogP contribution in [0.25, 0.3) is 34.1 Å². The lowest BCUT2D eigenvalue weighted by molar-refractivity contribution is -0.127. The van der Waals surface area contributed by atoms with E-state index < -0.39 is 5.69 Å². The number of aromatic nitrogens is 4. The molecule has 1 aliphatic rings. The number of anilines is 1. The van der Waals surface area contributed by atoms with Gasteiger partial charge in [0, 0.05) is 36.9 Å². The van der Waals surface area contributed by atoms with E-state index in [1.807, 2.05) is 50.2 Å². The molecule has 4 heterocycles. The van der Waals surface area contributed by atoms with Crippen LogP contribution >= 0.6 is 11.6 Å². The Hall–Kier alpha value is -4.30. The molecular formula is C35H39ClN6O2. The van der Waals surface area contributed by atoms with E-state index in [9.17, 15) is 9.59 Å². The number of amides is 1. The third-order valence-electron chi connectivity index (χ3n) is 8.26. The summed E-state index contributed by atoms with van der Waals surface area (Å²) < 4.78 is 1.61. The molecular weight excluding hydrogens is 572 g/mol. The van der Waals surface area contributed by atoms with Crippen molar-refractivity contribution in [3.05, 3.63) is 94.2 Å². The summed E-state index contributed by atoms with van der Waals surface area (Å²) in [4.78, 5) is 45.4. The van der Waals surface area contributed by atoms with Crippen LogP contribution in [0.3, 0.4) is 0 Å². The SMILES string of the molecule is C=CC(=O)N1C[C@H](C)N(c2nc(=O)n(-c3c(C(C)C)ccnc3C(C)C)c3nc(-c4ccccc4C=C)c(Cl)cc23)[C@@H](C)C1. The number of carbonyl (C=O) groups is 1. The highest BCUT2D eigenvalue weighted by molar-refractivity contribution is 6.34. The number of carbonyl (C=O) groups excluding carboxylic acids is 1. The average molecular weight is 611 g/mol. The van der Waals surface area contributed by atoms with Crippen molar-refractivity contribution in [3.8, 4) is 16.9 Å². The molecule has 1 aromatic carbocycles. The Morgan fingerprint density at radius 2 is 1.70 bits per heavy atom. The highest BCUT2D eigenvalue weighted by atomic mass is 35.5. The van der Waals surface area contributed by atoms with Crippen LogP contribution in [0.4, 0.5) is 5.82 Å². The van der Waals surface area contributed by atoms with E-state index in [1.165, 1.54) is 6.08 Å². The van der Waals surface area contributed by atoms with Crippen molar-refractivity contribution in [2.75, 3.05) is 18.0 Å². The molecule has 0 aliphatic carbocycles. The minimum absolute atomic E-state index is 0.0362. The number of hydrogen-bond acceptors (Lipinski definition) is 6. The zero-order valence-corrected chi connectivity index (χ0v) is 27.0. The van der Waals surface area contributed by atoms with Crippen molar-refractivity contribution in [3.63, 3.8) is 0 Å². The Kier molecular flexibility index (Phi) is 8.75. The first-order valence-corrected chi connectivity index (χ1v) is 15.4. The maximum absolute atomic E-state index is 14.4. The van der Waals surface area contributed by atoms with Crippen LogP contribution in [0.2, 0.25) is 5.02 Å². The number of nitrogens with zero attached hydrogens (tertiary/aromatic N) is 6. The minimum atomic E-state index is -0.453. The molecule has 0 saturated carbocycles. The minimum Gasteiger partial charge on any atom is -0.347 e. The fraction of sp³-hybridized carbons (Fsp3) is 0.343. The highest BCUT2D eigenvalue weighted by Crippen LogP contribution is 2.38. The van der Waals surface area contributed by atoms with Gasteiger partial charge in [-0.15, -0.1) is 0 Å². The van der Waals surface area contributed by atoms with Gasteiger partial charge in [-0.1, -0.05) is 82.8 Å². The van der Waals surface area contributed by atoms with Crippen LogP contribution in [-0.4, -0.2) is 55.5 Å². The molecule has 0 radical (unpaired) electrons. The van der Waals surface area contributed by atoms with Crippen LogP contribution < -0.4 is 10.6 Å². The van der Waals surface area contributed by atoms with Gasteiger partial charge in [0.25, 0.3) is 0 Å². The molecule has 1 amide bonds. The van der Waals surface area contributed by atoms with Crippen LogP contribution in [0, 0.1) is 0 Å². The lowest BCUT2D eigenvalue weighted by Gasteiger charge is -2.45. The molecule has 8 nitrogen and oxygen atoms in total. The first kappa shape index (κ1) is 31.1. The fourth-order valence-electron chi connectivity index (χ4n) is 6.25. The Bertz CT molecular complexity index is 1790. The van der Waals surface area contributed by atoms with Gasteiger partial charge in [0.05, 0.1) is 27.5 Å². The van der Waals surface area contributed by atoms with Crippen LogP contribution in [0.15, 0.2) is 66.6 Å². The van der Waals surface area contributed by atoms with E-state index in [4.69, 9.17) is 26.6 Å². The molecule has 0 N–H and O–H groups in total. The molecule has 44 heavy (non-hydrogen) atoms. The molecule has 1 aliphatic heterocycles. The third-order valence-corrected chi connectivity index (χ3v) is 8.55. The summed E-state index contributed by atoms with van der Waals surface area (Å²) in [6.07, 6.45) is 4.90. The first-order chi connectivity index (χ1) is 21.0. The Labute approximate surface area is 263 Å². The van der Waals surface area contributed by atoms with Gasteiger partial charge in [0.15, 0.2) is 5.65 Å². The molecule has 0 bridgehead atoms. The maximum atomic E-state index is 14.4. The molecule has 1 fully saturated rings. The smallest absolute Gasteiger partial charge is 0.347 e. The molecule has 9 heteroatoms. The van der Waals surface area contributed by atoms with Gasteiger partial charge in [-0.25, -0.2) is 14.3 Å². The molecule has 1 saturated heterocycles. The number of rotatable bonds is 7. The number of piperazine rings is 1. The van der Waals surface area contributed by atoms with Crippen LogP contribution in [-0.2, 0) is 4.79 Å². The van der Waals surface area contributed by atoms with Gasteiger partial charge < -0.3 is 9.80 Å². The van der Waals surface area contributed by atoms with Crippen molar-refractivity contribution in [1.29, 1.82) is 0 Å². The Balaban J connectivity index is 1.88. The average Bonchev–Trinajstić information content (AvgIpc) is 2.99. The number of benzene rings is 1. The highest BCUT2D eigenvalue weighted by Gasteiger charge is 2.34. The van der Waals surface area contributed by atoms with Crippen LogP contribution in [0.5, 0.6) is 0 Å². The van der Waals surface area contributed by atoms with E-state index >= 15 is 0 Å². The second-order valence-electron chi connectivity index (χ2n) is 12.0. The number of pyridine rings is 2. The first-order valence-electron chi connectivity index (χ1n) is 15.0. The number of halogens is 1. The van der Waals surface area contributed by atoms with E-state index in [0.29, 0.717) is 46.3 Å². The second-order valence-corrected chi connectivity index (χ2v) is 12.4. The Morgan fingerprint density at radius 3 is 2.32 bits per heavy atom. The second kappa shape index (κ2) is 12.4. The van der Waals surface area contributed by atoms with Crippen molar-refractivity contribution in [1.82, 2.24) is 24.4 Å². The molecule has 0 unspecified atom stereocenters. The van der Waals surface area contributed by atoms with E-state index in [2.05, 4.69) is 45.8 Å². The standard InChI is InChI=1S/C35H39ClN6O2/c1-9-24-13-11-12-14-26(24)31-28(36)17-27-33(38-31)42(32-25(20(3)4)15-16-37-30(32)21(5)6)35(44)39-34(27)41-22(7)18-40(19-23(41)8)29(43)10-2/h9-17,20-23H,1-2,18-19H2,3-8H3/t22-,23-/m0/s1. The van der Waals surface area contributed by atoms with E-state index in [1.54, 1.807) is 21.7 Å². The third kappa shape index (κ3) is 5.43. The summed E-state index contributed by atoms with van der Waals surface area (Å²) in [5.74, 6) is 0.516. The molecule has 228 valence electrons. The fourth-order valence-corrected chi connectivity index (χ4v) is 6.50. The van der Waals surface area contributed by atoms with E-state index in [0.717, 1.165) is 22.4 Å². The quantitative estimate of drug-likeness (QED) is 0.210. The van der Waals surface area contributed by atoms with Gasteiger partial charge in [-0.2, -0.15) is 4.98 Å². The molecule has 4 aromatic rings. The van der Waals surface area contributed by atoms with Gasteiger partial charge in [-0.3, -0.25) is 9.78 Å². The summed E-state index contributed by atoms with van der Waals surface area (Å²) in [5, 5.41) is 1.07. The summed E-state index contributed by atoms with van der Waals surface area (Å²) in [6.45, 7) is 20.9. The predicted octanol–water partition coefficient (Wildman–Crippen LogP) is 7.00. The molecule has 5 rings (SSSR count).